The number of nitrogens with one attached hydrogen (secondary N) is 2. The van der Waals surface area contributed by atoms with E-state index >= 15 is 0 Å². The van der Waals surface area contributed by atoms with E-state index in [0.717, 1.165) is 0 Å². The predicted octanol–water partition coefficient (Wildman–Crippen LogP) is 1.66. The van der Waals surface area contributed by atoms with Gasteiger partial charge >= 0.3 is 5.97 Å². The Balaban J connectivity index is 2.96. The van der Waals surface area contributed by atoms with Crippen LogP contribution in [-0.2, 0) is 9.53 Å². The second-order valence-corrected chi connectivity index (χ2v) is 5.56. The summed E-state index contributed by atoms with van der Waals surface area (Å²) in [6.07, 6.45) is 2.30. The molecular formula is C14H19N3O5S. The fraction of sp³-hybridized carbons (Fsp3) is 0.429. The fourth-order valence-electron chi connectivity index (χ4n) is 1.90. The van der Waals surface area contributed by atoms with Crippen molar-refractivity contribution in [2.24, 2.45) is 0 Å². The Kier molecular flexibility index (Phi) is 7.33. The zero-order chi connectivity index (χ0) is 17.4. The number of hydrogen-bond acceptors (Lipinski definition) is 7. The Morgan fingerprint density at radius 1 is 1.43 bits per heavy atom. The fourth-order valence-corrected chi connectivity index (χ4v) is 2.38. The Hall–Kier alpha value is -2.29. The minimum atomic E-state index is -0.789. The average molecular weight is 341 g/mol. The van der Waals surface area contributed by atoms with E-state index in [4.69, 9.17) is 0 Å². The lowest BCUT2D eigenvalue weighted by Gasteiger charge is -2.16. The van der Waals surface area contributed by atoms with Crippen LogP contribution in [-0.4, -0.2) is 49.0 Å². The van der Waals surface area contributed by atoms with Crippen LogP contribution in [0.1, 0.15) is 16.8 Å². The van der Waals surface area contributed by atoms with Crippen LogP contribution in [0.4, 0.5) is 11.4 Å². The number of esters is 1. The maximum atomic E-state index is 12.2. The van der Waals surface area contributed by atoms with E-state index in [9.17, 15) is 19.7 Å². The van der Waals surface area contributed by atoms with Gasteiger partial charge in [0.2, 0.25) is 0 Å². The number of benzene rings is 1. The van der Waals surface area contributed by atoms with Crippen molar-refractivity contribution in [2.75, 3.05) is 31.5 Å². The maximum absolute atomic E-state index is 12.2. The summed E-state index contributed by atoms with van der Waals surface area (Å²) in [5, 5.41) is 16.3. The van der Waals surface area contributed by atoms with Gasteiger partial charge in [0.1, 0.15) is 11.7 Å². The molecule has 9 heteroatoms. The van der Waals surface area contributed by atoms with Crippen molar-refractivity contribution in [3.8, 4) is 0 Å². The molecular weight excluding hydrogens is 322 g/mol. The van der Waals surface area contributed by atoms with Crippen molar-refractivity contribution >= 4 is 35.0 Å². The van der Waals surface area contributed by atoms with Gasteiger partial charge in [0.05, 0.1) is 12.0 Å². The third-order valence-corrected chi connectivity index (χ3v) is 3.77. The molecule has 0 aromatic heterocycles. The van der Waals surface area contributed by atoms with Crippen LogP contribution in [0.15, 0.2) is 18.2 Å². The average Bonchev–Trinajstić information content (AvgIpc) is 2.56. The molecule has 23 heavy (non-hydrogen) atoms. The Morgan fingerprint density at radius 2 is 2.13 bits per heavy atom. The number of hydrogen-bond donors (Lipinski definition) is 2. The summed E-state index contributed by atoms with van der Waals surface area (Å²) in [4.78, 5) is 34.4. The van der Waals surface area contributed by atoms with Crippen molar-refractivity contribution < 1.29 is 19.2 Å². The van der Waals surface area contributed by atoms with Crippen molar-refractivity contribution in [2.45, 2.75) is 12.5 Å². The molecule has 8 nitrogen and oxygen atoms in total. The lowest BCUT2D eigenvalue weighted by Crippen LogP contribution is -2.41. The lowest BCUT2D eigenvalue weighted by atomic mass is 10.1. The molecule has 126 valence electrons. The first-order valence-electron chi connectivity index (χ1n) is 6.78. The molecule has 0 aliphatic heterocycles. The zero-order valence-electron chi connectivity index (χ0n) is 13.1. The third kappa shape index (κ3) is 5.13. The molecule has 0 aliphatic carbocycles. The summed E-state index contributed by atoms with van der Waals surface area (Å²) >= 11 is 1.54. The molecule has 1 aromatic carbocycles. The smallest absolute Gasteiger partial charge is 0.328 e. The highest BCUT2D eigenvalue weighted by Crippen LogP contribution is 2.25. The number of carbonyl (C=O) groups is 2. The van der Waals surface area contributed by atoms with Gasteiger partial charge in [-0.3, -0.25) is 14.9 Å². The SMILES string of the molecule is CNc1ccc(C(=O)N[C@@H](CCSC)C(=O)OC)cc1[N+](=O)[O-]. The van der Waals surface area contributed by atoms with Gasteiger partial charge in [-0.25, -0.2) is 4.79 Å². The van der Waals surface area contributed by atoms with Gasteiger partial charge in [0, 0.05) is 18.7 Å². The van der Waals surface area contributed by atoms with E-state index < -0.39 is 22.8 Å². The number of anilines is 1. The summed E-state index contributed by atoms with van der Waals surface area (Å²) in [5.41, 5.74) is 0.200. The zero-order valence-corrected chi connectivity index (χ0v) is 13.9. The van der Waals surface area contributed by atoms with Crippen LogP contribution in [0, 0.1) is 10.1 Å². The number of rotatable bonds is 8. The summed E-state index contributed by atoms with van der Waals surface area (Å²) < 4.78 is 4.66. The van der Waals surface area contributed by atoms with E-state index in [1.807, 2.05) is 6.26 Å². The number of ether oxygens (including phenoxy) is 1. The first-order valence-corrected chi connectivity index (χ1v) is 8.17. The van der Waals surface area contributed by atoms with Gasteiger partial charge in [0.25, 0.3) is 11.6 Å². The number of nitro benzene ring substituents is 1. The monoisotopic (exact) mass is 341 g/mol. The summed E-state index contributed by atoms with van der Waals surface area (Å²) in [5.74, 6) is -0.445. The van der Waals surface area contributed by atoms with E-state index in [1.165, 1.54) is 37.1 Å². The molecule has 0 spiro atoms. The van der Waals surface area contributed by atoms with Gasteiger partial charge in [-0.15, -0.1) is 0 Å². The van der Waals surface area contributed by atoms with Gasteiger partial charge in [0.15, 0.2) is 0 Å². The van der Waals surface area contributed by atoms with E-state index in [0.29, 0.717) is 17.9 Å². The van der Waals surface area contributed by atoms with Crippen LogP contribution < -0.4 is 10.6 Å². The molecule has 1 amide bonds. The first kappa shape index (κ1) is 18.8. The van der Waals surface area contributed by atoms with E-state index in [1.54, 1.807) is 7.05 Å². The molecule has 0 fully saturated rings. The normalized spacial score (nSPS) is 11.4. The van der Waals surface area contributed by atoms with Gasteiger partial charge in [-0.05, 0) is 30.6 Å². The second-order valence-electron chi connectivity index (χ2n) is 4.57. The molecule has 1 aromatic rings. The van der Waals surface area contributed by atoms with Crippen LogP contribution >= 0.6 is 11.8 Å². The van der Waals surface area contributed by atoms with Crippen molar-refractivity contribution in [3.63, 3.8) is 0 Å². The number of amides is 1. The molecule has 0 radical (unpaired) electrons. The van der Waals surface area contributed by atoms with Crippen LogP contribution in [0.2, 0.25) is 0 Å². The van der Waals surface area contributed by atoms with Crippen LogP contribution in [0.3, 0.4) is 0 Å². The summed E-state index contributed by atoms with van der Waals surface area (Å²) in [7, 11) is 2.80. The molecule has 1 rings (SSSR count). The Morgan fingerprint density at radius 3 is 2.65 bits per heavy atom. The van der Waals surface area contributed by atoms with Crippen LogP contribution in [0.5, 0.6) is 0 Å². The van der Waals surface area contributed by atoms with Gasteiger partial charge in [-0.1, -0.05) is 0 Å². The Labute approximate surface area is 138 Å². The van der Waals surface area contributed by atoms with Crippen molar-refractivity contribution in [3.05, 3.63) is 33.9 Å². The molecule has 1 atom stereocenters. The number of thioether (sulfide) groups is 1. The largest absolute Gasteiger partial charge is 0.467 e. The maximum Gasteiger partial charge on any atom is 0.328 e. The summed E-state index contributed by atoms with van der Waals surface area (Å²) in [6, 6.07) is 3.28. The number of methoxy groups -OCH3 is 1. The lowest BCUT2D eigenvalue weighted by molar-refractivity contribution is -0.384. The highest BCUT2D eigenvalue weighted by molar-refractivity contribution is 7.98. The highest BCUT2D eigenvalue weighted by Gasteiger charge is 2.23. The number of nitro groups is 1. The van der Waals surface area contributed by atoms with Crippen molar-refractivity contribution in [1.82, 2.24) is 5.32 Å². The van der Waals surface area contributed by atoms with Gasteiger partial charge in [-0.2, -0.15) is 11.8 Å². The minimum absolute atomic E-state index is 0.105. The van der Waals surface area contributed by atoms with Crippen molar-refractivity contribution in [1.29, 1.82) is 0 Å². The molecule has 0 bridgehead atoms. The third-order valence-electron chi connectivity index (χ3n) is 3.13. The van der Waals surface area contributed by atoms with E-state index in [-0.39, 0.29) is 11.3 Å². The topological polar surface area (TPSA) is 111 Å². The minimum Gasteiger partial charge on any atom is -0.467 e. The predicted molar refractivity (Wildman–Crippen MR) is 88.9 cm³/mol. The van der Waals surface area contributed by atoms with Gasteiger partial charge < -0.3 is 15.4 Å². The second kappa shape index (κ2) is 8.99. The Bertz CT molecular complexity index is 594. The molecule has 0 saturated carbocycles. The standard InChI is InChI=1S/C14H19N3O5S/c1-15-10-5-4-9(8-12(10)17(20)21)13(18)16-11(6-7-23-3)14(19)22-2/h4-5,8,11,15H,6-7H2,1-3H3,(H,16,18)/t11-/m0/s1. The molecule has 0 aliphatic rings. The number of carbonyl (C=O) groups excluding carboxylic acids is 2. The highest BCUT2D eigenvalue weighted by atomic mass is 32.2. The molecule has 0 unspecified atom stereocenters. The first-order chi connectivity index (χ1) is 10.9. The summed E-state index contributed by atoms with van der Waals surface area (Å²) in [6.45, 7) is 0. The molecule has 2 N–H and O–H groups in total. The quantitative estimate of drug-likeness (QED) is 0.420. The van der Waals surface area contributed by atoms with E-state index in [2.05, 4.69) is 15.4 Å². The molecule has 0 saturated heterocycles. The van der Waals surface area contributed by atoms with Crippen LogP contribution in [0.25, 0.3) is 0 Å². The molecule has 0 heterocycles. The number of nitrogens with zero attached hydrogens (tertiary/aromatic N) is 1.